The molecule has 1 heterocycles. The van der Waals surface area contributed by atoms with Crippen LogP contribution in [0.5, 0.6) is 0 Å². The number of fused-ring (bicyclic) bond motifs is 1. The second-order valence-corrected chi connectivity index (χ2v) is 6.00. The van der Waals surface area contributed by atoms with E-state index in [2.05, 4.69) is 14.1 Å². The number of aromatic nitrogens is 2. The molecular weight excluding hydrogens is 373 g/mol. The number of nitrogens with zero attached hydrogens (tertiary/aromatic N) is 2. The van der Waals surface area contributed by atoms with Crippen molar-refractivity contribution >= 4 is 63.5 Å². The monoisotopic (exact) mass is 381 g/mol. The summed E-state index contributed by atoms with van der Waals surface area (Å²) in [5.41, 5.74) is 1.78. The number of benzene rings is 2. The molecule has 1 amide bonds. The lowest BCUT2D eigenvalue weighted by atomic mass is 10.2. The number of nitrogens with one attached hydrogen (secondary N) is 1. The fourth-order valence-electron chi connectivity index (χ4n) is 1.99. The summed E-state index contributed by atoms with van der Waals surface area (Å²) in [5.74, 6) is -1.28. The van der Waals surface area contributed by atoms with Crippen molar-refractivity contribution in [2.45, 2.75) is 0 Å². The molecule has 0 radical (unpaired) electrons. The van der Waals surface area contributed by atoms with E-state index in [-0.39, 0.29) is 15.6 Å². The van der Waals surface area contributed by atoms with Crippen LogP contribution in [0.4, 0.5) is 5.69 Å². The minimum absolute atomic E-state index is 0.0273. The molecule has 122 valence electrons. The van der Waals surface area contributed by atoms with E-state index in [0.29, 0.717) is 16.7 Å². The highest BCUT2D eigenvalue weighted by atomic mass is 35.5. The molecule has 1 aromatic heterocycles. The van der Waals surface area contributed by atoms with Crippen LogP contribution in [-0.2, 0) is 9.53 Å². The molecule has 0 aliphatic carbocycles. The lowest BCUT2D eigenvalue weighted by molar-refractivity contribution is -0.119. The van der Waals surface area contributed by atoms with Crippen molar-refractivity contribution in [1.29, 1.82) is 0 Å². The number of halogens is 2. The molecule has 0 fully saturated rings. The molecule has 0 unspecified atom stereocenters. The maximum Gasteiger partial charge on any atom is 0.341 e. The average molecular weight is 382 g/mol. The molecule has 24 heavy (non-hydrogen) atoms. The Morgan fingerprint density at radius 2 is 1.79 bits per heavy atom. The van der Waals surface area contributed by atoms with Crippen LogP contribution in [0, 0.1) is 0 Å². The topological polar surface area (TPSA) is 81.2 Å². The van der Waals surface area contributed by atoms with Crippen molar-refractivity contribution in [3.05, 3.63) is 52.0 Å². The first-order valence-electron chi connectivity index (χ1n) is 6.68. The van der Waals surface area contributed by atoms with Gasteiger partial charge in [-0.3, -0.25) is 4.79 Å². The van der Waals surface area contributed by atoms with Gasteiger partial charge in [-0.1, -0.05) is 35.3 Å². The number of ether oxygens (including phenoxy) is 1. The van der Waals surface area contributed by atoms with E-state index in [4.69, 9.17) is 27.9 Å². The second-order valence-electron chi connectivity index (χ2n) is 4.66. The Morgan fingerprint density at radius 3 is 2.54 bits per heavy atom. The molecular formula is C15H9Cl2N3O3S. The van der Waals surface area contributed by atoms with Crippen molar-refractivity contribution in [3.63, 3.8) is 0 Å². The van der Waals surface area contributed by atoms with Crippen LogP contribution >= 0.6 is 34.9 Å². The normalized spacial score (nSPS) is 10.6. The molecule has 9 heteroatoms. The van der Waals surface area contributed by atoms with E-state index >= 15 is 0 Å². The molecule has 0 saturated carbocycles. The third kappa shape index (κ3) is 3.48. The van der Waals surface area contributed by atoms with Crippen molar-refractivity contribution in [1.82, 2.24) is 8.75 Å². The van der Waals surface area contributed by atoms with Gasteiger partial charge in [0, 0.05) is 0 Å². The zero-order chi connectivity index (χ0) is 17.1. The third-order valence-corrected chi connectivity index (χ3v) is 4.23. The second kappa shape index (κ2) is 7.12. The van der Waals surface area contributed by atoms with Gasteiger partial charge in [-0.25, -0.2) is 4.79 Å². The molecule has 0 bridgehead atoms. The molecule has 0 aliphatic rings. The Bertz CT molecular complexity index is 909. The lowest BCUT2D eigenvalue weighted by Gasteiger charge is -2.08. The average Bonchev–Trinajstić information content (AvgIpc) is 3.02. The fourth-order valence-corrected chi connectivity index (χ4v) is 3.09. The number of esters is 1. The van der Waals surface area contributed by atoms with Crippen molar-refractivity contribution in [2.75, 3.05) is 11.9 Å². The van der Waals surface area contributed by atoms with E-state index in [1.165, 1.54) is 12.1 Å². The molecule has 0 aliphatic heterocycles. The number of carbonyl (C=O) groups excluding carboxylic acids is 2. The van der Waals surface area contributed by atoms with Gasteiger partial charge in [-0.15, -0.1) is 0 Å². The van der Waals surface area contributed by atoms with Crippen LogP contribution in [0.15, 0.2) is 36.4 Å². The minimum Gasteiger partial charge on any atom is -0.452 e. The highest BCUT2D eigenvalue weighted by molar-refractivity contribution is 7.00. The van der Waals surface area contributed by atoms with E-state index in [9.17, 15) is 9.59 Å². The van der Waals surface area contributed by atoms with Crippen molar-refractivity contribution in [2.24, 2.45) is 0 Å². The number of carbonyl (C=O) groups is 2. The van der Waals surface area contributed by atoms with E-state index in [0.717, 1.165) is 11.7 Å². The summed E-state index contributed by atoms with van der Waals surface area (Å²) in [6, 6.07) is 9.86. The number of amides is 1. The molecule has 0 atom stereocenters. The molecule has 3 aromatic rings. The van der Waals surface area contributed by atoms with Gasteiger partial charge in [0.1, 0.15) is 11.0 Å². The molecule has 6 nitrogen and oxygen atoms in total. The van der Waals surface area contributed by atoms with Gasteiger partial charge >= 0.3 is 5.97 Å². The van der Waals surface area contributed by atoms with Gasteiger partial charge < -0.3 is 10.1 Å². The standard InChI is InChI=1S/C15H9Cl2N3O3S/c16-8-3-1-4-9(17)13(8)15(22)23-7-12(21)18-10-5-2-6-11-14(10)20-24-19-11/h1-6H,7H2,(H,18,21). The van der Waals surface area contributed by atoms with Gasteiger partial charge in [-0.2, -0.15) is 8.75 Å². The molecule has 0 spiro atoms. The molecule has 3 rings (SSSR count). The van der Waals surface area contributed by atoms with Crippen LogP contribution < -0.4 is 5.32 Å². The van der Waals surface area contributed by atoms with Gasteiger partial charge in [0.2, 0.25) is 0 Å². The van der Waals surface area contributed by atoms with Crippen LogP contribution in [0.3, 0.4) is 0 Å². The van der Waals surface area contributed by atoms with Crippen LogP contribution in [0.25, 0.3) is 11.0 Å². The molecule has 2 aromatic carbocycles. The van der Waals surface area contributed by atoms with E-state index in [1.54, 1.807) is 24.3 Å². The summed E-state index contributed by atoms with van der Waals surface area (Å²) >= 11 is 12.9. The quantitative estimate of drug-likeness (QED) is 0.695. The predicted molar refractivity (Wildman–Crippen MR) is 92.8 cm³/mol. The summed E-state index contributed by atoms with van der Waals surface area (Å²) in [5, 5.41) is 2.95. The van der Waals surface area contributed by atoms with Crippen molar-refractivity contribution in [3.8, 4) is 0 Å². The third-order valence-electron chi connectivity index (χ3n) is 3.06. The Hall–Kier alpha value is -2.22. The van der Waals surface area contributed by atoms with Gasteiger partial charge in [0.15, 0.2) is 6.61 Å². The van der Waals surface area contributed by atoms with Crippen LogP contribution in [0.1, 0.15) is 10.4 Å². The summed E-state index contributed by atoms with van der Waals surface area (Å²) in [6.45, 7) is -0.478. The summed E-state index contributed by atoms with van der Waals surface area (Å²) in [6.07, 6.45) is 0. The Morgan fingerprint density at radius 1 is 1.08 bits per heavy atom. The largest absolute Gasteiger partial charge is 0.452 e. The van der Waals surface area contributed by atoms with E-state index in [1.807, 2.05) is 0 Å². The SMILES string of the molecule is O=C(COC(=O)c1c(Cl)cccc1Cl)Nc1cccc2nsnc12. The Labute approximate surface area is 150 Å². The summed E-state index contributed by atoms with van der Waals surface area (Å²) in [4.78, 5) is 24.0. The van der Waals surface area contributed by atoms with Gasteiger partial charge in [0.25, 0.3) is 5.91 Å². The van der Waals surface area contributed by atoms with Crippen LogP contribution in [0.2, 0.25) is 10.0 Å². The molecule has 1 N–H and O–H groups in total. The van der Waals surface area contributed by atoms with Gasteiger partial charge in [0.05, 0.1) is 33.0 Å². The number of rotatable bonds is 4. The lowest BCUT2D eigenvalue weighted by Crippen LogP contribution is -2.21. The zero-order valence-corrected chi connectivity index (χ0v) is 14.3. The first-order chi connectivity index (χ1) is 11.6. The maximum atomic E-state index is 12.0. The first kappa shape index (κ1) is 16.6. The predicted octanol–water partition coefficient (Wildman–Crippen LogP) is 3.79. The summed E-state index contributed by atoms with van der Waals surface area (Å²) < 4.78 is 13.2. The molecule has 0 saturated heterocycles. The zero-order valence-electron chi connectivity index (χ0n) is 12.0. The number of hydrogen-bond acceptors (Lipinski definition) is 6. The smallest absolute Gasteiger partial charge is 0.341 e. The number of hydrogen-bond donors (Lipinski definition) is 1. The summed E-state index contributed by atoms with van der Waals surface area (Å²) in [7, 11) is 0. The highest BCUT2D eigenvalue weighted by Gasteiger charge is 2.17. The van der Waals surface area contributed by atoms with Crippen LogP contribution in [-0.4, -0.2) is 27.2 Å². The fraction of sp³-hybridized carbons (Fsp3) is 0.0667. The highest BCUT2D eigenvalue weighted by Crippen LogP contribution is 2.25. The minimum atomic E-state index is -0.769. The Balaban J connectivity index is 1.66. The van der Waals surface area contributed by atoms with Gasteiger partial charge in [-0.05, 0) is 24.3 Å². The Kier molecular flexibility index (Phi) is 4.94. The first-order valence-corrected chi connectivity index (χ1v) is 8.17. The number of anilines is 1. The maximum absolute atomic E-state index is 12.0. The van der Waals surface area contributed by atoms with Crippen molar-refractivity contribution < 1.29 is 14.3 Å². The van der Waals surface area contributed by atoms with E-state index < -0.39 is 18.5 Å².